The van der Waals surface area contributed by atoms with Gasteiger partial charge in [-0.05, 0) is 32.5 Å². The molecule has 0 atom stereocenters. The Bertz CT molecular complexity index is 775. The predicted molar refractivity (Wildman–Crippen MR) is 90.3 cm³/mol. The average molecular weight is 317 g/mol. The zero-order valence-electron chi connectivity index (χ0n) is 14.1. The summed E-state index contributed by atoms with van der Waals surface area (Å²) in [4.78, 5) is 9.14. The second-order valence-electron chi connectivity index (χ2n) is 6.07. The number of hydrogen-bond acceptors (Lipinski definition) is 4. The number of fused-ring (bicyclic) bond motifs is 1. The second-order valence-corrected chi connectivity index (χ2v) is 6.07. The first-order valence-corrected chi connectivity index (χ1v) is 8.26. The number of aryl methyl sites for hydroxylation is 2. The average Bonchev–Trinajstić information content (AvgIpc) is 2.55. The van der Waals surface area contributed by atoms with Crippen LogP contribution in [0.15, 0.2) is 12.1 Å². The Morgan fingerprint density at radius 1 is 1.17 bits per heavy atom. The summed E-state index contributed by atoms with van der Waals surface area (Å²) in [6.45, 7) is 8.24. The van der Waals surface area contributed by atoms with Crippen molar-refractivity contribution in [2.75, 3.05) is 38.1 Å². The van der Waals surface area contributed by atoms with Crippen molar-refractivity contribution in [3.05, 3.63) is 29.0 Å². The van der Waals surface area contributed by atoms with Gasteiger partial charge < -0.3 is 14.4 Å². The van der Waals surface area contributed by atoms with E-state index < -0.39 is 0 Å². The van der Waals surface area contributed by atoms with E-state index in [4.69, 9.17) is 10.4 Å². The fourth-order valence-corrected chi connectivity index (χ4v) is 3.25. The Morgan fingerprint density at radius 2 is 1.87 bits per heavy atom. The minimum atomic E-state index is -0.211. The van der Waals surface area contributed by atoms with Gasteiger partial charge in [0.05, 0.1) is 11.0 Å². The van der Waals surface area contributed by atoms with Crippen LogP contribution < -0.4 is 10.4 Å². The van der Waals surface area contributed by atoms with Crippen molar-refractivity contribution in [1.82, 2.24) is 14.5 Å². The quantitative estimate of drug-likeness (QED) is 0.942. The maximum atomic E-state index is 14.2. The molecular formula is C17H24FN5. The summed E-state index contributed by atoms with van der Waals surface area (Å²) < 4.78 is 16.1. The highest BCUT2D eigenvalue weighted by Crippen LogP contribution is 2.22. The standard InChI is InChI=1S/C17H24FN5/c1-4-12-13(18)6-7-14-15(12)20-17(16(19)23(14)5-2)22-10-8-21(3)9-11-22/h6-7,19H,4-5,8-11H2,1-3H3. The van der Waals surface area contributed by atoms with Crippen molar-refractivity contribution in [2.24, 2.45) is 0 Å². The lowest BCUT2D eigenvalue weighted by atomic mass is 10.1. The number of halogens is 1. The molecule has 0 bridgehead atoms. The fourth-order valence-electron chi connectivity index (χ4n) is 3.25. The third kappa shape index (κ3) is 2.72. The molecule has 0 aliphatic carbocycles. The van der Waals surface area contributed by atoms with Gasteiger partial charge in [0, 0.05) is 38.3 Å². The molecule has 23 heavy (non-hydrogen) atoms. The number of benzene rings is 1. The molecule has 6 heteroatoms. The van der Waals surface area contributed by atoms with Gasteiger partial charge in [0.1, 0.15) is 5.82 Å². The molecular weight excluding hydrogens is 293 g/mol. The van der Waals surface area contributed by atoms with E-state index in [-0.39, 0.29) is 5.82 Å². The topological polar surface area (TPSA) is 48.2 Å². The number of nitrogens with zero attached hydrogens (tertiary/aromatic N) is 4. The normalized spacial score (nSPS) is 16.3. The number of piperazine rings is 1. The summed E-state index contributed by atoms with van der Waals surface area (Å²) in [6.07, 6.45) is 0.597. The smallest absolute Gasteiger partial charge is 0.172 e. The molecule has 1 N–H and O–H groups in total. The molecule has 3 rings (SSSR count). The van der Waals surface area contributed by atoms with Crippen LogP contribution >= 0.6 is 0 Å². The highest BCUT2D eigenvalue weighted by molar-refractivity contribution is 5.80. The molecule has 0 spiro atoms. The van der Waals surface area contributed by atoms with Gasteiger partial charge in [-0.25, -0.2) is 9.37 Å². The van der Waals surface area contributed by atoms with Gasteiger partial charge in [0.2, 0.25) is 0 Å². The van der Waals surface area contributed by atoms with Crippen molar-refractivity contribution in [3.8, 4) is 0 Å². The third-order valence-corrected chi connectivity index (χ3v) is 4.67. The largest absolute Gasteiger partial charge is 0.351 e. The van der Waals surface area contributed by atoms with E-state index >= 15 is 0 Å². The molecule has 0 saturated carbocycles. The minimum Gasteiger partial charge on any atom is -0.351 e. The third-order valence-electron chi connectivity index (χ3n) is 4.67. The minimum absolute atomic E-state index is 0.211. The van der Waals surface area contributed by atoms with Crippen molar-refractivity contribution in [1.29, 1.82) is 5.41 Å². The van der Waals surface area contributed by atoms with Crippen LogP contribution in [0.25, 0.3) is 11.0 Å². The van der Waals surface area contributed by atoms with E-state index in [2.05, 4.69) is 16.8 Å². The van der Waals surface area contributed by atoms with Gasteiger partial charge >= 0.3 is 0 Å². The van der Waals surface area contributed by atoms with Crippen LogP contribution in [-0.4, -0.2) is 47.7 Å². The molecule has 0 unspecified atom stereocenters. The molecule has 0 radical (unpaired) electrons. The predicted octanol–water partition coefficient (Wildman–Crippen LogP) is 1.99. The molecule has 2 aromatic rings. The van der Waals surface area contributed by atoms with Crippen LogP contribution in [0.3, 0.4) is 0 Å². The second kappa shape index (κ2) is 6.28. The first kappa shape index (κ1) is 15.9. The summed E-state index contributed by atoms with van der Waals surface area (Å²) in [5.74, 6) is 0.463. The van der Waals surface area contributed by atoms with E-state index in [9.17, 15) is 4.39 Å². The van der Waals surface area contributed by atoms with Crippen LogP contribution in [0.1, 0.15) is 19.4 Å². The van der Waals surface area contributed by atoms with Gasteiger partial charge in [0.25, 0.3) is 0 Å². The SMILES string of the molecule is CCc1c(F)ccc2c1nc(N1CCN(C)CC1)c(=N)n2CC. The van der Waals surface area contributed by atoms with Gasteiger partial charge in [-0.3, -0.25) is 5.41 Å². The fraction of sp³-hybridized carbons (Fsp3) is 0.529. The van der Waals surface area contributed by atoms with Crippen LogP contribution in [0, 0.1) is 11.2 Å². The zero-order valence-corrected chi connectivity index (χ0v) is 14.1. The molecule has 1 fully saturated rings. The Hall–Kier alpha value is -1.95. The monoisotopic (exact) mass is 317 g/mol. The van der Waals surface area contributed by atoms with Crippen LogP contribution in [0.2, 0.25) is 0 Å². The molecule has 2 heterocycles. The lowest BCUT2D eigenvalue weighted by molar-refractivity contribution is 0.311. The van der Waals surface area contributed by atoms with Gasteiger partial charge in [-0.2, -0.15) is 0 Å². The number of anilines is 1. The number of aromatic nitrogens is 2. The number of hydrogen-bond donors (Lipinski definition) is 1. The molecule has 1 aliphatic rings. The highest BCUT2D eigenvalue weighted by atomic mass is 19.1. The van der Waals surface area contributed by atoms with Gasteiger partial charge in [-0.15, -0.1) is 0 Å². The maximum absolute atomic E-state index is 14.2. The Kier molecular flexibility index (Phi) is 4.35. The van der Waals surface area contributed by atoms with Crippen molar-refractivity contribution < 1.29 is 4.39 Å². The van der Waals surface area contributed by atoms with Crippen LogP contribution in [0.5, 0.6) is 0 Å². The lowest BCUT2D eigenvalue weighted by Gasteiger charge is -2.33. The number of likely N-dealkylation sites (N-methyl/N-ethyl adjacent to an activating group) is 1. The molecule has 5 nitrogen and oxygen atoms in total. The van der Waals surface area contributed by atoms with Crippen molar-refractivity contribution in [3.63, 3.8) is 0 Å². The Labute approximate surface area is 135 Å². The van der Waals surface area contributed by atoms with E-state index in [1.54, 1.807) is 6.07 Å². The summed E-state index contributed by atoms with van der Waals surface area (Å²) in [5.41, 5.74) is 2.59. The molecule has 124 valence electrons. The summed E-state index contributed by atoms with van der Waals surface area (Å²) in [7, 11) is 2.10. The van der Waals surface area contributed by atoms with E-state index in [1.807, 2.05) is 18.4 Å². The lowest BCUT2D eigenvalue weighted by Crippen LogP contribution is -2.47. The molecule has 1 aromatic heterocycles. The first-order chi connectivity index (χ1) is 11.1. The molecule has 1 aliphatic heterocycles. The Morgan fingerprint density at radius 3 is 2.48 bits per heavy atom. The first-order valence-electron chi connectivity index (χ1n) is 8.26. The van der Waals surface area contributed by atoms with Crippen molar-refractivity contribution in [2.45, 2.75) is 26.8 Å². The highest BCUT2D eigenvalue weighted by Gasteiger charge is 2.20. The van der Waals surface area contributed by atoms with Crippen LogP contribution in [0.4, 0.5) is 10.2 Å². The van der Waals surface area contributed by atoms with E-state index in [0.717, 1.165) is 31.7 Å². The molecule has 1 aromatic carbocycles. The summed E-state index contributed by atoms with van der Waals surface area (Å²) >= 11 is 0. The zero-order chi connectivity index (χ0) is 16.6. The van der Waals surface area contributed by atoms with Crippen molar-refractivity contribution >= 4 is 16.9 Å². The van der Waals surface area contributed by atoms with E-state index in [1.165, 1.54) is 6.07 Å². The summed E-state index contributed by atoms with van der Waals surface area (Å²) in [6, 6.07) is 3.23. The summed E-state index contributed by atoms with van der Waals surface area (Å²) in [5, 5.41) is 8.55. The van der Waals surface area contributed by atoms with E-state index in [0.29, 0.717) is 35.4 Å². The van der Waals surface area contributed by atoms with Gasteiger partial charge in [0.15, 0.2) is 11.3 Å². The number of nitrogens with one attached hydrogen (secondary N) is 1. The van der Waals surface area contributed by atoms with Gasteiger partial charge in [-0.1, -0.05) is 6.92 Å². The van der Waals surface area contributed by atoms with Crippen LogP contribution in [-0.2, 0) is 13.0 Å². The maximum Gasteiger partial charge on any atom is 0.172 e. The molecule has 1 saturated heterocycles. The molecule has 0 amide bonds. The number of rotatable bonds is 3. The Balaban J connectivity index is 2.22.